The van der Waals surface area contributed by atoms with Crippen molar-refractivity contribution in [2.75, 3.05) is 0 Å². The SMILES string of the molecule is O=C(NCc1ccc(Cl)cc1Cl)[C@H](Cc1ccccc1)N(Cc1ccc(Cl)cc1)C(=O)CCc1ccc(S(=O)(=O)NC2CC2)cc1. The van der Waals surface area contributed by atoms with E-state index in [1.165, 1.54) is 0 Å². The highest BCUT2D eigenvalue weighted by Crippen LogP contribution is 2.24. The van der Waals surface area contributed by atoms with Gasteiger partial charge in [0.2, 0.25) is 21.8 Å². The van der Waals surface area contributed by atoms with Crippen LogP contribution in [-0.4, -0.2) is 37.2 Å². The fraction of sp³-hybridized carbons (Fsp3) is 0.257. The summed E-state index contributed by atoms with van der Waals surface area (Å²) in [5.41, 5.74) is 3.23. The molecular formula is C35H34Cl3N3O4S. The highest BCUT2D eigenvalue weighted by atomic mass is 35.5. The highest BCUT2D eigenvalue weighted by molar-refractivity contribution is 7.89. The van der Waals surface area contributed by atoms with Crippen LogP contribution in [0.25, 0.3) is 0 Å². The van der Waals surface area contributed by atoms with Crippen molar-refractivity contribution >= 4 is 56.6 Å². The van der Waals surface area contributed by atoms with Crippen LogP contribution < -0.4 is 10.0 Å². The Morgan fingerprint density at radius 2 is 1.46 bits per heavy atom. The Balaban J connectivity index is 1.37. The van der Waals surface area contributed by atoms with Crippen molar-refractivity contribution in [2.24, 2.45) is 0 Å². The molecule has 4 aromatic rings. The summed E-state index contributed by atoms with van der Waals surface area (Å²) in [5.74, 6) is -0.544. The molecule has 0 unspecified atom stereocenters. The molecule has 0 bridgehead atoms. The van der Waals surface area contributed by atoms with Crippen molar-refractivity contribution in [2.45, 2.75) is 62.2 Å². The van der Waals surface area contributed by atoms with Crippen LogP contribution in [0, 0.1) is 0 Å². The summed E-state index contributed by atoms with van der Waals surface area (Å²) >= 11 is 18.6. The fourth-order valence-corrected chi connectivity index (χ4v) is 6.93. The van der Waals surface area contributed by atoms with Crippen LogP contribution in [0.15, 0.2) is 102 Å². The number of hydrogen-bond donors (Lipinski definition) is 2. The smallest absolute Gasteiger partial charge is 0.243 e. The van der Waals surface area contributed by atoms with Crippen LogP contribution in [-0.2, 0) is 45.5 Å². The molecule has 1 atom stereocenters. The number of sulfonamides is 1. The van der Waals surface area contributed by atoms with E-state index >= 15 is 0 Å². The molecule has 0 aliphatic heterocycles. The normalized spacial score (nSPS) is 13.6. The van der Waals surface area contributed by atoms with E-state index < -0.39 is 16.1 Å². The minimum atomic E-state index is -3.57. The molecule has 1 saturated carbocycles. The lowest BCUT2D eigenvalue weighted by Gasteiger charge is -2.32. The molecular weight excluding hydrogens is 665 g/mol. The van der Waals surface area contributed by atoms with E-state index in [4.69, 9.17) is 34.8 Å². The number of nitrogens with zero attached hydrogens (tertiary/aromatic N) is 1. The van der Waals surface area contributed by atoms with E-state index in [9.17, 15) is 18.0 Å². The molecule has 2 amide bonds. The third kappa shape index (κ3) is 9.56. The maximum Gasteiger partial charge on any atom is 0.243 e. The topological polar surface area (TPSA) is 95.6 Å². The van der Waals surface area contributed by atoms with Gasteiger partial charge in [0.05, 0.1) is 4.90 Å². The third-order valence-electron chi connectivity index (χ3n) is 7.77. The summed E-state index contributed by atoms with van der Waals surface area (Å²) < 4.78 is 27.8. The van der Waals surface area contributed by atoms with Crippen molar-refractivity contribution in [1.29, 1.82) is 0 Å². The summed E-state index contributed by atoms with van der Waals surface area (Å²) in [5, 5.41) is 4.47. The van der Waals surface area contributed by atoms with Crippen LogP contribution in [0.2, 0.25) is 15.1 Å². The van der Waals surface area contributed by atoms with Crippen molar-refractivity contribution in [3.8, 4) is 0 Å². The molecule has 7 nitrogen and oxygen atoms in total. The molecule has 1 aliphatic rings. The molecule has 240 valence electrons. The van der Waals surface area contributed by atoms with Crippen LogP contribution in [0.3, 0.4) is 0 Å². The Kier molecular flexibility index (Phi) is 11.4. The average Bonchev–Trinajstić information content (AvgIpc) is 3.86. The third-order valence-corrected chi connectivity index (χ3v) is 10.1. The molecule has 46 heavy (non-hydrogen) atoms. The number of carbonyl (C=O) groups excluding carboxylic acids is 2. The van der Waals surface area contributed by atoms with Gasteiger partial charge in [-0.2, -0.15) is 0 Å². The Morgan fingerprint density at radius 1 is 0.804 bits per heavy atom. The molecule has 4 aromatic carbocycles. The first kappa shape index (κ1) is 33.9. The summed E-state index contributed by atoms with van der Waals surface area (Å²) in [7, 11) is -3.57. The zero-order valence-electron chi connectivity index (χ0n) is 25.0. The molecule has 1 aliphatic carbocycles. The van der Waals surface area contributed by atoms with Crippen LogP contribution in [0.4, 0.5) is 0 Å². The molecule has 5 rings (SSSR count). The van der Waals surface area contributed by atoms with Crippen molar-refractivity contribution in [1.82, 2.24) is 14.9 Å². The summed E-state index contributed by atoms with van der Waals surface area (Å²) in [4.78, 5) is 29.7. The number of rotatable bonds is 14. The lowest BCUT2D eigenvalue weighted by molar-refractivity contribution is -0.141. The zero-order chi connectivity index (χ0) is 32.7. The number of aryl methyl sites for hydroxylation is 1. The zero-order valence-corrected chi connectivity index (χ0v) is 28.0. The molecule has 0 aromatic heterocycles. The van der Waals surface area contributed by atoms with E-state index in [1.807, 2.05) is 42.5 Å². The maximum absolute atomic E-state index is 14.0. The van der Waals surface area contributed by atoms with Gasteiger partial charge >= 0.3 is 0 Å². The van der Waals surface area contributed by atoms with Gasteiger partial charge in [0.1, 0.15) is 6.04 Å². The fourth-order valence-electron chi connectivity index (χ4n) is 5.02. The number of halogens is 3. The molecule has 11 heteroatoms. The first-order chi connectivity index (χ1) is 22.1. The van der Waals surface area contributed by atoms with Crippen molar-refractivity contribution in [3.63, 3.8) is 0 Å². The first-order valence-electron chi connectivity index (χ1n) is 15.0. The van der Waals surface area contributed by atoms with Gasteiger partial charge in [-0.25, -0.2) is 13.1 Å². The molecule has 0 heterocycles. The van der Waals surface area contributed by atoms with Gasteiger partial charge in [0.15, 0.2) is 0 Å². The molecule has 0 radical (unpaired) electrons. The van der Waals surface area contributed by atoms with Gasteiger partial charge in [-0.15, -0.1) is 0 Å². The summed E-state index contributed by atoms with van der Waals surface area (Å²) in [6.07, 6.45) is 2.48. The minimum Gasteiger partial charge on any atom is -0.350 e. The second-order valence-corrected chi connectivity index (χ2v) is 14.3. The number of amides is 2. The van der Waals surface area contributed by atoms with E-state index in [2.05, 4.69) is 10.0 Å². The Labute approximate surface area is 284 Å². The Bertz CT molecular complexity index is 1770. The van der Waals surface area contributed by atoms with Gasteiger partial charge in [0.25, 0.3) is 0 Å². The van der Waals surface area contributed by atoms with E-state index in [1.54, 1.807) is 59.5 Å². The van der Waals surface area contributed by atoms with Gasteiger partial charge in [0, 0.05) is 47.0 Å². The van der Waals surface area contributed by atoms with E-state index in [0.29, 0.717) is 33.5 Å². The number of hydrogen-bond acceptors (Lipinski definition) is 4. The standard InChI is InChI=1S/C35H34Cl3N3O4S/c36-28-12-6-26(7-13-28)23-41(34(42)19-10-24-8-17-31(18-9-24)46(44,45)40-30-15-16-30)33(20-25-4-2-1-3-5-25)35(43)39-22-27-11-14-29(37)21-32(27)38/h1-9,11-14,17-18,21,30,33,40H,10,15-16,19-20,22-23H2,(H,39,43)/t33-/m0/s1. The second kappa shape index (κ2) is 15.5. The lowest BCUT2D eigenvalue weighted by Crippen LogP contribution is -2.50. The molecule has 1 fully saturated rings. The molecule has 0 spiro atoms. The summed E-state index contributed by atoms with van der Waals surface area (Å²) in [6.45, 7) is 0.348. The lowest BCUT2D eigenvalue weighted by atomic mass is 10.0. The molecule has 0 saturated heterocycles. The number of benzene rings is 4. The average molecular weight is 699 g/mol. The second-order valence-electron chi connectivity index (χ2n) is 11.3. The predicted molar refractivity (Wildman–Crippen MR) is 182 cm³/mol. The van der Waals surface area contributed by atoms with Crippen molar-refractivity contribution < 1.29 is 18.0 Å². The minimum absolute atomic E-state index is 0.0122. The largest absolute Gasteiger partial charge is 0.350 e. The predicted octanol–water partition coefficient (Wildman–Crippen LogP) is 6.98. The number of nitrogens with one attached hydrogen (secondary N) is 2. The number of carbonyl (C=O) groups is 2. The van der Waals surface area contributed by atoms with Crippen LogP contribution in [0.5, 0.6) is 0 Å². The van der Waals surface area contributed by atoms with Crippen LogP contribution >= 0.6 is 34.8 Å². The summed E-state index contributed by atoms with van der Waals surface area (Å²) in [6, 6.07) is 27.5. The highest BCUT2D eigenvalue weighted by Gasteiger charge is 2.31. The van der Waals surface area contributed by atoms with Gasteiger partial charge in [-0.05, 0) is 77.9 Å². The van der Waals surface area contributed by atoms with Gasteiger partial charge in [-0.1, -0.05) is 95.5 Å². The maximum atomic E-state index is 14.0. The van der Waals surface area contributed by atoms with Gasteiger partial charge < -0.3 is 10.2 Å². The monoisotopic (exact) mass is 697 g/mol. The Morgan fingerprint density at radius 3 is 2.11 bits per heavy atom. The Hall–Kier alpha value is -3.40. The molecule has 2 N–H and O–H groups in total. The van der Waals surface area contributed by atoms with Crippen molar-refractivity contribution in [3.05, 3.63) is 134 Å². The van der Waals surface area contributed by atoms with Gasteiger partial charge in [-0.3, -0.25) is 9.59 Å². The van der Waals surface area contributed by atoms with Crippen LogP contribution in [0.1, 0.15) is 41.5 Å². The quantitative estimate of drug-likeness (QED) is 0.149. The first-order valence-corrected chi connectivity index (χ1v) is 17.6. The van der Waals surface area contributed by atoms with E-state index in [-0.39, 0.29) is 42.3 Å². The van der Waals surface area contributed by atoms with E-state index in [0.717, 1.165) is 29.5 Å².